The van der Waals surface area contributed by atoms with E-state index < -0.39 is 28.6 Å². The average molecular weight is 594 g/mol. The van der Waals surface area contributed by atoms with E-state index in [0.29, 0.717) is 22.0 Å². The van der Waals surface area contributed by atoms with Crippen molar-refractivity contribution in [1.29, 1.82) is 0 Å². The third-order valence-electron chi connectivity index (χ3n) is 7.52. The lowest BCUT2D eigenvalue weighted by atomic mass is 9.96. The Hall–Kier alpha value is -3.72. The second-order valence-electron chi connectivity index (χ2n) is 10.5. The van der Waals surface area contributed by atoms with Crippen LogP contribution in [-0.2, 0) is 21.6 Å². The third kappa shape index (κ3) is 5.73. The molecule has 0 amide bonds. The highest BCUT2D eigenvalue weighted by atomic mass is 32.2. The van der Waals surface area contributed by atoms with E-state index in [1.165, 1.54) is 34.9 Å². The number of nitrogens with zero attached hydrogens (tertiary/aromatic N) is 3. The lowest BCUT2D eigenvalue weighted by Crippen LogP contribution is -2.06. The molecule has 0 spiro atoms. The number of hydrogen-bond donors (Lipinski definition) is 2. The molecule has 3 N–H and O–H groups in total. The van der Waals surface area contributed by atoms with Gasteiger partial charge in [-0.1, -0.05) is 35.0 Å². The zero-order valence-corrected chi connectivity index (χ0v) is 23.7. The Morgan fingerprint density at radius 1 is 1.12 bits per heavy atom. The molecule has 0 saturated heterocycles. The van der Waals surface area contributed by atoms with Crippen molar-refractivity contribution in [3.05, 3.63) is 81.5 Å². The number of carboxylic acid groups (broad SMARTS) is 1. The predicted molar refractivity (Wildman–Crippen MR) is 154 cm³/mol. The van der Waals surface area contributed by atoms with Crippen molar-refractivity contribution in [2.75, 3.05) is 0 Å². The molecular weight excluding hydrogens is 566 g/mol. The monoisotopic (exact) mass is 593 g/mol. The van der Waals surface area contributed by atoms with Crippen LogP contribution in [0, 0.1) is 29.4 Å². The lowest BCUT2D eigenvalue weighted by molar-refractivity contribution is 0.0691. The molecule has 6 rings (SSSR count). The van der Waals surface area contributed by atoms with Gasteiger partial charge in [-0.2, -0.15) is 5.10 Å². The molecule has 2 heterocycles. The van der Waals surface area contributed by atoms with Crippen LogP contribution in [0.3, 0.4) is 0 Å². The van der Waals surface area contributed by atoms with Gasteiger partial charge in [0.2, 0.25) is 10.0 Å². The van der Waals surface area contributed by atoms with E-state index in [1.54, 1.807) is 22.9 Å². The average Bonchev–Trinajstić information content (AvgIpc) is 3.30. The molecular formula is C30H27F2N4O3S2+. The molecule has 41 heavy (non-hydrogen) atoms. The normalized spacial score (nSPS) is 16.0. The number of thiazole rings is 1. The first kappa shape index (κ1) is 27.4. The molecule has 210 valence electrons. The molecule has 0 radical (unpaired) electrons. The highest BCUT2D eigenvalue weighted by Crippen LogP contribution is 2.46. The molecule has 2 aromatic heterocycles. The number of aromatic carboxylic acids is 1. The van der Waals surface area contributed by atoms with Crippen molar-refractivity contribution in [3.8, 4) is 28.2 Å². The fourth-order valence-corrected chi connectivity index (χ4v) is 6.57. The molecule has 2 aliphatic rings. The summed E-state index contributed by atoms with van der Waals surface area (Å²) in [6.45, 7) is 0. The molecule has 1 atom stereocenters. The molecule has 2 saturated carbocycles. The van der Waals surface area contributed by atoms with E-state index >= 15 is 0 Å². The van der Waals surface area contributed by atoms with Gasteiger partial charge < -0.3 is 5.11 Å². The Labute approximate surface area is 242 Å². The third-order valence-corrected chi connectivity index (χ3v) is 9.17. The van der Waals surface area contributed by atoms with Crippen molar-refractivity contribution >= 4 is 28.3 Å². The van der Waals surface area contributed by atoms with Crippen molar-refractivity contribution in [1.82, 2.24) is 14.8 Å². The summed E-state index contributed by atoms with van der Waals surface area (Å²) in [5, 5.41) is 21.6. The minimum atomic E-state index is -2.33. The molecule has 0 bridgehead atoms. The number of carbonyl (C=O) groups is 1. The van der Waals surface area contributed by atoms with Gasteiger partial charge in [0.15, 0.2) is 22.5 Å². The Morgan fingerprint density at radius 2 is 1.90 bits per heavy atom. The van der Waals surface area contributed by atoms with Crippen LogP contribution in [-0.4, -0.2) is 25.8 Å². The number of nitrogens with two attached hydrogens (primary N) is 1. The predicted octanol–water partition coefficient (Wildman–Crippen LogP) is 5.91. The number of thiol groups is 1. The molecule has 4 aromatic rings. The Kier molecular flexibility index (Phi) is 7.55. The van der Waals surface area contributed by atoms with Crippen molar-refractivity contribution in [2.24, 2.45) is 11.1 Å². The summed E-state index contributed by atoms with van der Waals surface area (Å²) in [5.41, 5.74) is 3.72. The van der Waals surface area contributed by atoms with Gasteiger partial charge in [-0.15, -0.1) is 16.5 Å². The zero-order chi connectivity index (χ0) is 28.7. The van der Waals surface area contributed by atoms with Crippen LogP contribution in [0.5, 0.6) is 0 Å². The summed E-state index contributed by atoms with van der Waals surface area (Å²) in [7, 11) is -2.33. The van der Waals surface area contributed by atoms with Crippen LogP contribution in [0.2, 0.25) is 0 Å². The lowest BCUT2D eigenvalue weighted by Gasteiger charge is -2.09. The largest absolute Gasteiger partial charge is 0.476 e. The summed E-state index contributed by atoms with van der Waals surface area (Å²) in [4.78, 5) is 15.8. The summed E-state index contributed by atoms with van der Waals surface area (Å²) in [6.07, 6.45) is 6.43. The van der Waals surface area contributed by atoms with Gasteiger partial charge in [0.05, 0.1) is 17.0 Å². The molecule has 2 fully saturated rings. The number of benzene rings is 2. The summed E-state index contributed by atoms with van der Waals surface area (Å²) >= 11 is 1.17. The van der Waals surface area contributed by atoms with Gasteiger partial charge in [-0.05, 0) is 61.6 Å². The van der Waals surface area contributed by atoms with Gasteiger partial charge in [-0.25, -0.2) is 23.2 Å². The first-order valence-electron chi connectivity index (χ1n) is 13.4. The minimum Gasteiger partial charge on any atom is -0.476 e. The van der Waals surface area contributed by atoms with E-state index in [9.17, 15) is 22.9 Å². The summed E-state index contributed by atoms with van der Waals surface area (Å²) in [5.74, 6) is 4.49. The minimum absolute atomic E-state index is 0.0462. The first-order valence-corrected chi connectivity index (χ1v) is 15.6. The van der Waals surface area contributed by atoms with E-state index in [4.69, 9.17) is 10.2 Å². The highest BCUT2D eigenvalue weighted by Gasteiger charge is 2.34. The Balaban J connectivity index is 1.49. The van der Waals surface area contributed by atoms with Crippen molar-refractivity contribution < 1.29 is 22.9 Å². The first-order chi connectivity index (χ1) is 19.8. The maximum absolute atomic E-state index is 14.9. The maximum Gasteiger partial charge on any atom is 0.355 e. The molecule has 11 heteroatoms. The van der Waals surface area contributed by atoms with Crippen molar-refractivity contribution in [2.45, 2.75) is 55.8 Å². The van der Waals surface area contributed by atoms with Crippen LogP contribution < -0.4 is 5.14 Å². The van der Waals surface area contributed by atoms with E-state index in [2.05, 4.69) is 16.8 Å². The van der Waals surface area contributed by atoms with Gasteiger partial charge in [0, 0.05) is 34.8 Å². The van der Waals surface area contributed by atoms with Gasteiger partial charge in [0.1, 0.15) is 5.82 Å². The number of halogens is 2. The number of rotatable bonds is 7. The van der Waals surface area contributed by atoms with Gasteiger partial charge in [0.25, 0.3) is 0 Å². The molecule has 0 aliphatic heterocycles. The number of aromatic nitrogens is 3. The Morgan fingerprint density at radius 3 is 2.56 bits per heavy atom. The second-order valence-corrected chi connectivity index (χ2v) is 12.4. The van der Waals surface area contributed by atoms with Crippen LogP contribution in [0.15, 0.2) is 46.7 Å². The van der Waals surface area contributed by atoms with Crippen molar-refractivity contribution in [3.63, 3.8) is 0 Å². The highest BCUT2D eigenvalue weighted by molar-refractivity contribution is 7.82. The molecule has 2 aliphatic carbocycles. The van der Waals surface area contributed by atoms with Crippen LogP contribution in [0.1, 0.15) is 77.3 Å². The second kappa shape index (κ2) is 11.3. The fraction of sp³-hybridized carbons (Fsp3) is 0.300. The van der Waals surface area contributed by atoms with E-state index in [-0.39, 0.29) is 34.4 Å². The summed E-state index contributed by atoms with van der Waals surface area (Å²) < 4.78 is 43.0. The topological polar surface area (TPSA) is 111 Å². The molecule has 7 nitrogen and oxygen atoms in total. The van der Waals surface area contributed by atoms with E-state index in [0.717, 1.165) is 49.8 Å². The fourth-order valence-electron chi connectivity index (χ4n) is 5.31. The van der Waals surface area contributed by atoms with Crippen LogP contribution in [0.4, 0.5) is 8.78 Å². The molecule has 1 unspecified atom stereocenters. The standard InChI is InChI=1S/C30H26F2N4O3S2/c31-23-11-10-21(15-20(23)7-5-17-3-1-2-4-17)27-22(13-18-6-12-26(41(33)39)24(32)14-18)28(19-8-9-19)36(35-27)30-34-25(16-40-30)29(37)38/h6,10-12,14-17,19H,1-4,8-9,13H2,(H2,33,39)(H,37,38)/p+1. The zero-order valence-electron chi connectivity index (χ0n) is 21.9. The number of hydrogen-bond acceptors (Lipinski definition) is 5. The van der Waals surface area contributed by atoms with Crippen LogP contribution >= 0.6 is 11.3 Å². The molecule has 2 aromatic carbocycles. The SMILES string of the molecule is N[SH+](=O)c1ccc(Cc2c(-c3ccc(F)c(C#CC4CCCC4)c3)nn(-c3nc(C(=O)O)cs3)c2C2CC2)cc1F. The summed E-state index contributed by atoms with van der Waals surface area (Å²) in [6, 6.07) is 9.16. The van der Waals surface area contributed by atoms with E-state index in [1.807, 2.05) is 0 Å². The maximum atomic E-state index is 14.9. The van der Waals surface area contributed by atoms with Crippen LogP contribution in [0.25, 0.3) is 16.4 Å². The quantitative estimate of drug-likeness (QED) is 0.157. The van der Waals surface area contributed by atoms with Gasteiger partial charge >= 0.3 is 5.97 Å². The number of carboxylic acids is 1. The van der Waals surface area contributed by atoms with Gasteiger partial charge in [-0.3, -0.25) is 0 Å². The smallest absolute Gasteiger partial charge is 0.355 e. The Bertz CT molecular complexity index is 1740.